The van der Waals surface area contributed by atoms with Gasteiger partial charge in [0.2, 0.25) is 0 Å². The monoisotopic (exact) mass is 313 g/mol. The van der Waals surface area contributed by atoms with Gasteiger partial charge in [0.1, 0.15) is 11.2 Å². The van der Waals surface area contributed by atoms with E-state index in [2.05, 4.69) is 53.2 Å². The van der Waals surface area contributed by atoms with E-state index in [0.717, 1.165) is 33.0 Å². The summed E-state index contributed by atoms with van der Waals surface area (Å²) in [5.41, 5.74) is 8.73. The van der Waals surface area contributed by atoms with E-state index in [0.29, 0.717) is 0 Å². The van der Waals surface area contributed by atoms with Gasteiger partial charge in [-0.05, 0) is 45.7 Å². The minimum atomic E-state index is 0.761. The molecule has 3 aromatic heterocycles. The van der Waals surface area contributed by atoms with Crippen LogP contribution in [-0.2, 0) is 0 Å². The lowest BCUT2D eigenvalue weighted by atomic mass is 10.1. The molecule has 3 rings (SSSR count). The van der Waals surface area contributed by atoms with Crippen LogP contribution in [0, 0.1) is 27.7 Å². The molecule has 0 radical (unpaired) electrons. The van der Waals surface area contributed by atoms with Gasteiger partial charge in [0.25, 0.3) is 0 Å². The Bertz CT molecular complexity index is 853. The van der Waals surface area contributed by atoms with Crippen LogP contribution in [0.15, 0.2) is 17.6 Å². The van der Waals surface area contributed by atoms with Crippen molar-refractivity contribution in [1.29, 1.82) is 0 Å². The zero-order valence-electron chi connectivity index (χ0n) is 13.4. The molecule has 0 saturated heterocycles. The van der Waals surface area contributed by atoms with Crippen LogP contribution in [0.25, 0.3) is 10.2 Å². The molecular formula is C16H19N5S. The average Bonchev–Trinajstić information content (AvgIpc) is 2.97. The Kier molecular flexibility index (Phi) is 3.70. The molecule has 0 aliphatic carbocycles. The Hall–Kier alpha value is -2.21. The standard InChI is InChI=1S/C16H19N5S/c1-8-6-17-10(3)13(8)11(4)20-21-15-14-9(2)12(5)22-16(14)19-7-18-15/h6-7,17H,1-5H3,(H,18,19,21)/b20-11+. The number of aryl methyl sites for hydroxylation is 4. The second kappa shape index (κ2) is 5.53. The van der Waals surface area contributed by atoms with Crippen LogP contribution in [0.4, 0.5) is 5.82 Å². The fourth-order valence-corrected chi connectivity index (χ4v) is 3.67. The van der Waals surface area contributed by atoms with Crippen molar-refractivity contribution in [3.05, 3.63) is 39.8 Å². The lowest BCUT2D eigenvalue weighted by molar-refractivity contribution is 1.18. The highest BCUT2D eigenvalue weighted by molar-refractivity contribution is 7.18. The van der Waals surface area contributed by atoms with E-state index in [1.54, 1.807) is 17.7 Å². The molecule has 0 saturated carbocycles. The van der Waals surface area contributed by atoms with Crippen molar-refractivity contribution >= 4 is 33.1 Å². The molecule has 0 spiro atoms. The summed E-state index contributed by atoms with van der Waals surface area (Å²) >= 11 is 1.69. The molecule has 2 N–H and O–H groups in total. The van der Waals surface area contributed by atoms with Crippen LogP contribution >= 0.6 is 11.3 Å². The van der Waals surface area contributed by atoms with Crippen LogP contribution in [0.1, 0.15) is 34.2 Å². The number of hydrogen-bond acceptors (Lipinski definition) is 5. The number of nitrogens with one attached hydrogen (secondary N) is 2. The SMILES string of the molecule is C/C(=N\Nc1ncnc2sc(C)c(C)c12)c1c(C)c[nH]c1C. The predicted octanol–water partition coefficient (Wildman–Crippen LogP) is 4.09. The molecular weight excluding hydrogens is 294 g/mol. The maximum atomic E-state index is 4.52. The van der Waals surface area contributed by atoms with Crippen LogP contribution in [0.2, 0.25) is 0 Å². The molecule has 0 aliphatic heterocycles. The first kappa shape index (κ1) is 14.7. The number of thiophene rings is 1. The molecule has 0 aliphatic rings. The van der Waals surface area contributed by atoms with Crippen molar-refractivity contribution in [2.24, 2.45) is 5.10 Å². The highest BCUT2D eigenvalue weighted by atomic mass is 32.1. The van der Waals surface area contributed by atoms with E-state index in [1.807, 2.05) is 13.1 Å². The Morgan fingerprint density at radius 3 is 2.68 bits per heavy atom. The molecule has 0 fully saturated rings. The number of H-pyrrole nitrogens is 1. The number of hydrogen-bond donors (Lipinski definition) is 2. The molecule has 22 heavy (non-hydrogen) atoms. The second-order valence-electron chi connectivity index (χ2n) is 5.47. The third kappa shape index (κ3) is 2.39. The van der Waals surface area contributed by atoms with E-state index < -0.39 is 0 Å². The van der Waals surface area contributed by atoms with Crippen LogP contribution in [0.3, 0.4) is 0 Å². The summed E-state index contributed by atoms with van der Waals surface area (Å²) in [5.74, 6) is 0.761. The summed E-state index contributed by atoms with van der Waals surface area (Å²) in [6.07, 6.45) is 3.58. The summed E-state index contributed by atoms with van der Waals surface area (Å²) < 4.78 is 0. The van der Waals surface area contributed by atoms with E-state index in [1.165, 1.54) is 16.0 Å². The van der Waals surface area contributed by atoms with E-state index in [9.17, 15) is 0 Å². The van der Waals surface area contributed by atoms with Gasteiger partial charge in [-0.15, -0.1) is 11.3 Å². The van der Waals surface area contributed by atoms with E-state index in [4.69, 9.17) is 0 Å². The third-order valence-corrected chi connectivity index (χ3v) is 5.05. The number of anilines is 1. The normalized spacial score (nSPS) is 12.1. The zero-order chi connectivity index (χ0) is 15.9. The number of aromatic amines is 1. The molecule has 6 heteroatoms. The first-order valence-corrected chi connectivity index (χ1v) is 7.96. The quantitative estimate of drug-likeness (QED) is 0.565. The van der Waals surface area contributed by atoms with Gasteiger partial charge in [-0.25, -0.2) is 9.97 Å². The lowest BCUT2D eigenvalue weighted by Gasteiger charge is -2.05. The molecule has 0 aromatic carbocycles. The van der Waals surface area contributed by atoms with Gasteiger partial charge in [-0.2, -0.15) is 5.10 Å². The fourth-order valence-electron chi connectivity index (χ4n) is 2.67. The molecule has 0 bridgehead atoms. The predicted molar refractivity (Wildman–Crippen MR) is 93.0 cm³/mol. The second-order valence-corrected chi connectivity index (χ2v) is 6.67. The van der Waals surface area contributed by atoms with Crippen molar-refractivity contribution in [2.75, 3.05) is 5.43 Å². The Morgan fingerprint density at radius 2 is 2.00 bits per heavy atom. The van der Waals surface area contributed by atoms with Gasteiger partial charge < -0.3 is 4.98 Å². The van der Waals surface area contributed by atoms with Crippen molar-refractivity contribution in [2.45, 2.75) is 34.6 Å². The molecule has 114 valence electrons. The van der Waals surface area contributed by atoms with Crippen molar-refractivity contribution in [3.63, 3.8) is 0 Å². The fraction of sp³-hybridized carbons (Fsp3) is 0.312. The smallest absolute Gasteiger partial charge is 0.158 e. The lowest BCUT2D eigenvalue weighted by Crippen LogP contribution is -2.03. The summed E-state index contributed by atoms with van der Waals surface area (Å²) in [5, 5.41) is 5.58. The number of aromatic nitrogens is 3. The highest BCUT2D eigenvalue weighted by Crippen LogP contribution is 2.32. The minimum absolute atomic E-state index is 0.761. The topological polar surface area (TPSA) is 66.0 Å². The Balaban J connectivity index is 1.99. The van der Waals surface area contributed by atoms with Gasteiger partial charge in [-0.3, -0.25) is 5.43 Å². The summed E-state index contributed by atoms with van der Waals surface area (Å²) in [6.45, 7) is 10.3. The van der Waals surface area contributed by atoms with Gasteiger partial charge >= 0.3 is 0 Å². The molecule has 3 aromatic rings. The molecule has 0 amide bonds. The summed E-state index contributed by atoms with van der Waals surface area (Å²) in [6, 6.07) is 0. The van der Waals surface area contributed by atoms with E-state index in [-0.39, 0.29) is 0 Å². The Labute approximate surface area is 133 Å². The van der Waals surface area contributed by atoms with Gasteiger partial charge in [0, 0.05) is 22.3 Å². The minimum Gasteiger partial charge on any atom is -0.364 e. The highest BCUT2D eigenvalue weighted by Gasteiger charge is 2.12. The maximum Gasteiger partial charge on any atom is 0.158 e. The summed E-state index contributed by atoms with van der Waals surface area (Å²) in [4.78, 5) is 14.2. The number of nitrogens with zero attached hydrogens (tertiary/aromatic N) is 3. The van der Waals surface area contributed by atoms with Crippen LogP contribution < -0.4 is 5.43 Å². The number of rotatable bonds is 3. The first-order valence-electron chi connectivity index (χ1n) is 7.15. The number of fused-ring (bicyclic) bond motifs is 1. The maximum absolute atomic E-state index is 4.52. The molecule has 0 unspecified atom stereocenters. The van der Waals surface area contributed by atoms with Gasteiger partial charge in [0.05, 0.1) is 11.1 Å². The van der Waals surface area contributed by atoms with Gasteiger partial charge in [0.15, 0.2) is 5.82 Å². The van der Waals surface area contributed by atoms with Crippen molar-refractivity contribution in [1.82, 2.24) is 15.0 Å². The zero-order valence-corrected chi connectivity index (χ0v) is 14.2. The van der Waals surface area contributed by atoms with E-state index >= 15 is 0 Å². The van der Waals surface area contributed by atoms with Crippen LogP contribution in [0.5, 0.6) is 0 Å². The number of hydrazone groups is 1. The van der Waals surface area contributed by atoms with Crippen molar-refractivity contribution < 1.29 is 0 Å². The third-order valence-electron chi connectivity index (χ3n) is 3.93. The first-order chi connectivity index (χ1) is 10.5. The molecule has 5 nitrogen and oxygen atoms in total. The molecule has 3 heterocycles. The summed E-state index contributed by atoms with van der Waals surface area (Å²) in [7, 11) is 0. The largest absolute Gasteiger partial charge is 0.364 e. The Morgan fingerprint density at radius 1 is 1.23 bits per heavy atom. The van der Waals surface area contributed by atoms with Crippen molar-refractivity contribution in [3.8, 4) is 0 Å². The van der Waals surface area contributed by atoms with Gasteiger partial charge in [-0.1, -0.05) is 0 Å². The molecule has 0 atom stereocenters. The average molecular weight is 313 g/mol. The van der Waals surface area contributed by atoms with Crippen LogP contribution in [-0.4, -0.2) is 20.7 Å².